The number of aromatic nitrogens is 2. The summed E-state index contributed by atoms with van der Waals surface area (Å²) in [6, 6.07) is 5.50. The van der Waals surface area contributed by atoms with Crippen molar-refractivity contribution in [2.75, 3.05) is 17.7 Å². The predicted octanol–water partition coefficient (Wildman–Crippen LogP) is 2.34. The standard InChI is InChI=1S/C17H13F3N4O3/c1-10(25)22-14-9-11(7-8-21-14)3-4-12-13(5-6-15(23-12)27-2)24-16(26)17(18,19)20/h5-9H,1-2H3,(H,24,26)(H,21,22,25). The lowest BCUT2D eigenvalue weighted by atomic mass is 10.2. The summed E-state index contributed by atoms with van der Waals surface area (Å²) in [6.07, 6.45) is -3.65. The minimum atomic E-state index is -5.05. The molecule has 0 atom stereocenters. The van der Waals surface area contributed by atoms with Crippen molar-refractivity contribution in [2.45, 2.75) is 13.1 Å². The summed E-state index contributed by atoms with van der Waals surface area (Å²) in [6.45, 7) is 1.32. The van der Waals surface area contributed by atoms with Crippen molar-refractivity contribution in [3.05, 3.63) is 41.7 Å². The molecule has 0 spiro atoms. The van der Waals surface area contributed by atoms with E-state index in [4.69, 9.17) is 4.74 Å². The van der Waals surface area contributed by atoms with Crippen molar-refractivity contribution in [1.29, 1.82) is 0 Å². The first-order valence-corrected chi connectivity index (χ1v) is 7.38. The Morgan fingerprint density at radius 2 is 1.89 bits per heavy atom. The number of carbonyl (C=O) groups excluding carboxylic acids is 2. The molecule has 2 aromatic rings. The third kappa shape index (κ3) is 5.71. The highest BCUT2D eigenvalue weighted by molar-refractivity contribution is 5.95. The maximum Gasteiger partial charge on any atom is 0.471 e. The topological polar surface area (TPSA) is 93.2 Å². The molecule has 2 aromatic heterocycles. The van der Waals surface area contributed by atoms with Gasteiger partial charge < -0.3 is 15.4 Å². The lowest BCUT2D eigenvalue weighted by Gasteiger charge is -2.10. The van der Waals surface area contributed by atoms with E-state index in [1.165, 1.54) is 44.5 Å². The van der Waals surface area contributed by atoms with Crippen molar-refractivity contribution in [1.82, 2.24) is 9.97 Å². The Bertz CT molecular complexity index is 933. The lowest BCUT2D eigenvalue weighted by Crippen LogP contribution is -2.30. The van der Waals surface area contributed by atoms with E-state index in [1.54, 1.807) is 5.32 Å². The molecule has 0 saturated carbocycles. The van der Waals surface area contributed by atoms with Crippen LogP contribution in [0.15, 0.2) is 30.5 Å². The van der Waals surface area contributed by atoms with Crippen LogP contribution >= 0.6 is 0 Å². The number of nitrogens with one attached hydrogen (secondary N) is 2. The zero-order valence-corrected chi connectivity index (χ0v) is 14.1. The van der Waals surface area contributed by atoms with Crippen molar-refractivity contribution in [3.63, 3.8) is 0 Å². The molecule has 0 fully saturated rings. The normalized spacial score (nSPS) is 10.4. The summed E-state index contributed by atoms with van der Waals surface area (Å²) < 4.78 is 42.4. The summed E-state index contributed by atoms with van der Waals surface area (Å²) in [5.41, 5.74) is 0.0815. The number of ether oxygens (including phenoxy) is 1. The first-order chi connectivity index (χ1) is 12.7. The zero-order chi connectivity index (χ0) is 20.0. The van der Waals surface area contributed by atoms with Gasteiger partial charge in [0.05, 0.1) is 12.8 Å². The SMILES string of the molecule is COc1ccc(NC(=O)C(F)(F)F)c(C#Cc2ccnc(NC(C)=O)c2)n1. The number of nitrogens with zero attached hydrogens (tertiary/aromatic N) is 2. The van der Waals surface area contributed by atoms with E-state index >= 15 is 0 Å². The average Bonchev–Trinajstić information content (AvgIpc) is 2.59. The molecule has 0 aromatic carbocycles. The largest absolute Gasteiger partial charge is 0.481 e. The van der Waals surface area contributed by atoms with Crippen LogP contribution in [0.25, 0.3) is 0 Å². The second-order valence-electron chi connectivity index (χ2n) is 5.06. The van der Waals surface area contributed by atoms with Gasteiger partial charge in [-0.1, -0.05) is 5.92 Å². The minimum absolute atomic E-state index is 0.109. The van der Waals surface area contributed by atoms with Crippen molar-refractivity contribution in [2.24, 2.45) is 0 Å². The Morgan fingerprint density at radius 1 is 1.15 bits per heavy atom. The van der Waals surface area contributed by atoms with Crippen LogP contribution in [0.4, 0.5) is 24.7 Å². The molecule has 0 aliphatic carbocycles. The Kier molecular flexibility index (Phi) is 5.97. The second kappa shape index (κ2) is 8.18. The van der Waals surface area contributed by atoms with Gasteiger partial charge in [0.1, 0.15) is 11.5 Å². The number of hydrogen-bond acceptors (Lipinski definition) is 5. The van der Waals surface area contributed by atoms with Crippen molar-refractivity contribution < 1.29 is 27.5 Å². The molecule has 0 aliphatic rings. The van der Waals surface area contributed by atoms with Gasteiger partial charge in [-0.25, -0.2) is 9.97 Å². The molecule has 140 valence electrons. The van der Waals surface area contributed by atoms with E-state index in [0.717, 1.165) is 0 Å². The van der Waals surface area contributed by atoms with Gasteiger partial charge in [0, 0.05) is 24.8 Å². The van der Waals surface area contributed by atoms with Crippen LogP contribution in [0.5, 0.6) is 5.88 Å². The summed E-state index contributed by atoms with van der Waals surface area (Å²) in [5.74, 6) is 3.17. The molecule has 0 saturated heterocycles. The van der Waals surface area contributed by atoms with Gasteiger partial charge >= 0.3 is 12.1 Å². The summed E-state index contributed by atoms with van der Waals surface area (Å²) in [4.78, 5) is 30.1. The quantitative estimate of drug-likeness (QED) is 0.800. The monoisotopic (exact) mass is 378 g/mol. The van der Waals surface area contributed by atoms with Crippen LogP contribution in [0.3, 0.4) is 0 Å². The van der Waals surface area contributed by atoms with Crippen LogP contribution in [0.2, 0.25) is 0 Å². The fraction of sp³-hybridized carbons (Fsp3) is 0.176. The maximum absolute atomic E-state index is 12.5. The van der Waals surface area contributed by atoms with E-state index in [0.29, 0.717) is 5.56 Å². The van der Waals surface area contributed by atoms with Crippen LogP contribution in [-0.4, -0.2) is 35.1 Å². The first kappa shape index (κ1) is 19.7. The number of methoxy groups -OCH3 is 1. The highest BCUT2D eigenvalue weighted by Gasteiger charge is 2.39. The molecular formula is C17H13F3N4O3. The number of rotatable bonds is 3. The molecule has 10 heteroatoms. The molecule has 0 aliphatic heterocycles. The lowest BCUT2D eigenvalue weighted by molar-refractivity contribution is -0.167. The summed E-state index contributed by atoms with van der Waals surface area (Å²) in [7, 11) is 1.33. The fourth-order valence-electron chi connectivity index (χ4n) is 1.83. The number of pyridine rings is 2. The number of carbonyl (C=O) groups is 2. The van der Waals surface area contributed by atoms with Crippen molar-refractivity contribution in [3.8, 4) is 17.7 Å². The molecule has 0 radical (unpaired) electrons. The number of alkyl halides is 3. The molecule has 27 heavy (non-hydrogen) atoms. The van der Waals surface area contributed by atoms with E-state index in [-0.39, 0.29) is 29.0 Å². The number of hydrogen-bond donors (Lipinski definition) is 2. The van der Waals surface area contributed by atoms with Crippen LogP contribution in [-0.2, 0) is 9.59 Å². The third-order valence-corrected chi connectivity index (χ3v) is 2.97. The molecule has 0 bridgehead atoms. The highest BCUT2D eigenvalue weighted by Crippen LogP contribution is 2.22. The summed E-state index contributed by atoms with van der Waals surface area (Å²) in [5, 5.41) is 4.20. The molecule has 7 nitrogen and oxygen atoms in total. The van der Waals surface area contributed by atoms with Gasteiger partial charge in [-0.05, 0) is 24.1 Å². The molecular weight excluding hydrogens is 365 g/mol. The minimum Gasteiger partial charge on any atom is -0.481 e. The number of amides is 2. The van der Waals surface area contributed by atoms with E-state index < -0.39 is 12.1 Å². The Balaban J connectivity index is 2.36. The number of anilines is 2. The predicted molar refractivity (Wildman–Crippen MR) is 90.0 cm³/mol. The Morgan fingerprint density at radius 3 is 2.52 bits per heavy atom. The van der Waals surface area contributed by atoms with Gasteiger partial charge in [-0.2, -0.15) is 13.2 Å². The molecule has 0 unspecified atom stereocenters. The van der Waals surface area contributed by atoms with Gasteiger partial charge in [0.25, 0.3) is 0 Å². The zero-order valence-electron chi connectivity index (χ0n) is 14.1. The number of halogens is 3. The fourth-order valence-corrected chi connectivity index (χ4v) is 1.83. The Hall–Kier alpha value is -3.61. The van der Waals surface area contributed by atoms with Gasteiger partial charge in [-0.3, -0.25) is 9.59 Å². The van der Waals surface area contributed by atoms with Gasteiger partial charge in [-0.15, -0.1) is 0 Å². The van der Waals surface area contributed by atoms with E-state index in [9.17, 15) is 22.8 Å². The highest BCUT2D eigenvalue weighted by atomic mass is 19.4. The van der Waals surface area contributed by atoms with Gasteiger partial charge in [0.2, 0.25) is 11.8 Å². The van der Waals surface area contributed by atoms with Gasteiger partial charge in [0.15, 0.2) is 0 Å². The Labute approximate surface area is 152 Å². The van der Waals surface area contributed by atoms with Crippen molar-refractivity contribution >= 4 is 23.3 Å². The molecule has 2 rings (SSSR count). The van der Waals surface area contributed by atoms with Crippen LogP contribution in [0, 0.1) is 11.8 Å². The maximum atomic E-state index is 12.5. The molecule has 2 N–H and O–H groups in total. The van der Waals surface area contributed by atoms with E-state index in [1.807, 2.05) is 0 Å². The third-order valence-electron chi connectivity index (χ3n) is 2.97. The summed E-state index contributed by atoms with van der Waals surface area (Å²) >= 11 is 0. The van der Waals surface area contributed by atoms with Crippen LogP contribution in [0.1, 0.15) is 18.2 Å². The first-order valence-electron chi connectivity index (χ1n) is 7.38. The average molecular weight is 378 g/mol. The smallest absolute Gasteiger partial charge is 0.471 e. The molecule has 2 amide bonds. The van der Waals surface area contributed by atoms with Crippen LogP contribution < -0.4 is 15.4 Å². The van der Waals surface area contributed by atoms with E-state index in [2.05, 4.69) is 27.1 Å². The second-order valence-corrected chi connectivity index (χ2v) is 5.06. The molecule has 2 heterocycles.